The quantitative estimate of drug-likeness (QED) is 0.780. The zero-order chi connectivity index (χ0) is 14.3. The first kappa shape index (κ1) is 13.0. The molecule has 0 radical (unpaired) electrons. The number of hydrazone groups is 1. The van der Waals surface area contributed by atoms with E-state index in [0.29, 0.717) is 18.9 Å². The number of hydrogen-bond donors (Lipinski definition) is 0. The molecular weight excluding hydrogens is 256 g/mol. The summed E-state index contributed by atoms with van der Waals surface area (Å²) in [7, 11) is 0. The summed E-state index contributed by atoms with van der Waals surface area (Å²) in [5, 5.41) is 5.58. The second-order valence-electron chi connectivity index (χ2n) is 5.40. The minimum absolute atomic E-state index is 0.116. The van der Waals surface area contributed by atoms with E-state index in [1.807, 2.05) is 30.3 Å². The molecule has 0 spiro atoms. The smallest absolute Gasteiger partial charge is 0.239 e. The van der Waals surface area contributed by atoms with Gasteiger partial charge in [-0.2, -0.15) is 5.10 Å². The summed E-state index contributed by atoms with van der Waals surface area (Å²) in [5.41, 5.74) is 0.664. The molecule has 1 aromatic rings. The molecule has 0 aliphatic carbocycles. The van der Waals surface area contributed by atoms with Gasteiger partial charge in [0, 0.05) is 6.92 Å². The Bertz CT molecular complexity index is 590. The number of carbonyl (C=O) groups is 2. The molecular formula is C15H16N2O3. The number of amides is 1. The lowest BCUT2D eigenvalue weighted by molar-refractivity contribution is -0.128. The predicted octanol–water partition coefficient (Wildman–Crippen LogP) is 1.35. The predicted molar refractivity (Wildman–Crippen MR) is 73.4 cm³/mol. The van der Waals surface area contributed by atoms with Crippen LogP contribution < -0.4 is 0 Å². The fraction of sp³-hybridized carbons (Fsp3) is 0.400. The van der Waals surface area contributed by atoms with Gasteiger partial charge in [0.05, 0.1) is 19.1 Å². The van der Waals surface area contributed by atoms with Gasteiger partial charge in [-0.15, -0.1) is 0 Å². The highest BCUT2D eigenvalue weighted by molar-refractivity contribution is 6.45. The first-order valence-corrected chi connectivity index (χ1v) is 6.61. The van der Waals surface area contributed by atoms with Gasteiger partial charge >= 0.3 is 0 Å². The largest absolute Gasteiger partial charge is 0.361 e. The second kappa shape index (κ2) is 4.52. The van der Waals surface area contributed by atoms with Gasteiger partial charge in [0.15, 0.2) is 5.60 Å². The van der Waals surface area contributed by atoms with E-state index in [1.165, 1.54) is 11.9 Å². The molecule has 5 nitrogen and oxygen atoms in total. The summed E-state index contributed by atoms with van der Waals surface area (Å²) in [5.74, 6) is -0.445. The minimum atomic E-state index is -0.751. The Labute approximate surface area is 117 Å². The molecule has 3 rings (SSSR count). The van der Waals surface area contributed by atoms with Crippen molar-refractivity contribution in [3.8, 4) is 0 Å². The molecule has 2 heterocycles. The first-order valence-electron chi connectivity index (χ1n) is 6.61. The van der Waals surface area contributed by atoms with Crippen molar-refractivity contribution >= 4 is 17.4 Å². The van der Waals surface area contributed by atoms with Crippen LogP contribution in [0.3, 0.4) is 0 Å². The number of ketones is 1. The number of hydrogen-bond acceptors (Lipinski definition) is 4. The van der Waals surface area contributed by atoms with E-state index in [0.717, 1.165) is 5.56 Å². The Hall–Kier alpha value is -2.01. The van der Waals surface area contributed by atoms with Crippen LogP contribution in [0.15, 0.2) is 35.4 Å². The van der Waals surface area contributed by atoms with Crippen LogP contribution in [0.5, 0.6) is 0 Å². The third-order valence-electron chi connectivity index (χ3n) is 3.77. The molecule has 1 fully saturated rings. The van der Waals surface area contributed by atoms with Gasteiger partial charge in [0.2, 0.25) is 11.7 Å². The van der Waals surface area contributed by atoms with Gasteiger partial charge in [-0.25, -0.2) is 5.01 Å². The lowest BCUT2D eigenvalue weighted by atomic mass is 9.88. The fourth-order valence-electron chi connectivity index (χ4n) is 2.36. The van der Waals surface area contributed by atoms with E-state index in [4.69, 9.17) is 4.74 Å². The maximum absolute atomic E-state index is 12.5. The number of Topliss-reactive ketones (excluding diaryl/α,β-unsaturated/α-hetero) is 1. The molecule has 0 saturated carbocycles. The summed E-state index contributed by atoms with van der Waals surface area (Å²) in [6.45, 7) is 4.05. The standard InChI is InChI=1S/C15H16N2O3/c1-10(18)17-8-12(11-6-4-3-5-7-11)13(16-17)14(19)15(2)9-20-15/h3-7,12H,8-9H2,1-2H3/t12-,15+/m0/s1. The molecule has 0 N–H and O–H groups in total. The second-order valence-corrected chi connectivity index (χ2v) is 5.40. The number of nitrogens with zero attached hydrogens (tertiary/aromatic N) is 2. The molecule has 1 saturated heterocycles. The van der Waals surface area contributed by atoms with Crippen molar-refractivity contribution in [2.45, 2.75) is 25.4 Å². The Morgan fingerprint density at radius 2 is 2.00 bits per heavy atom. The highest BCUT2D eigenvalue weighted by atomic mass is 16.6. The minimum Gasteiger partial charge on any atom is -0.361 e. The lowest BCUT2D eigenvalue weighted by Crippen LogP contribution is -2.32. The summed E-state index contributed by atoms with van der Waals surface area (Å²) < 4.78 is 5.22. The Morgan fingerprint density at radius 1 is 1.35 bits per heavy atom. The summed E-state index contributed by atoms with van der Waals surface area (Å²) in [4.78, 5) is 24.0. The Kier molecular flexibility index (Phi) is 2.94. The molecule has 0 bridgehead atoms. The normalized spacial score (nSPS) is 28.2. The fourth-order valence-corrected chi connectivity index (χ4v) is 2.36. The van der Waals surface area contributed by atoms with E-state index in [1.54, 1.807) is 6.92 Å². The van der Waals surface area contributed by atoms with Crippen molar-refractivity contribution in [1.82, 2.24) is 5.01 Å². The SMILES string of the molecule is CC(=O)N1C[C@@H](c2ccccc2)C(C(=O)[C@@]2(C)CO2)=N1. The average Bonchev–Trinajstić information content (AvgIpc) is 3.05. The van der Waals surface area contributed by atoms with Crippen molar-refractivity contribution in [2.75, 3.05) is 13.2 Å². The molecule has 5 heteroatoms. The Morgan fingerprint density at radius 3 is 2.55 bits per heavy atom. The van der Waals surface area contributed by atoms with E-state index in [2.05, 4.69) is 5.10 Å². The maximum atomic E-state index is 12.5. The molecule has 0 unspecified atom stereocenters. The van der Waals surface area contributed by atoms with Crippen molar-refractivity contribution in [3.63, 3.8) is 0 Å². The Balaban J connectivity index is 1.95. The van der Waals surface area contributed by atoms with E-state index in [-0.39, 0.29) is 17.6 Å². The third kappa shape index (κ3) is 2.14. The van der Waals surface area contributed by atoms with Gasteiger partial charge in [0.25, 0.3) is 0 Å². The first-order chi connectivity index (χ1) is 9.51. The van der Waals surface area contributed by atoms with Crippen LogP contribution in [0.25, 0.3) is 0 Å². The number of ether oxygens (including phenoxy) is 1. The van der Waals surface area contributed by atoms with Gasteiger partial charge in [-0.05, 0) is 12.5 Å². The number of epoxide rings is 1. The molecule has 1 amide bonds. The third-order valence-corrected chi connectivity index (χ3v) is 3.77. The van der Waals surface area contributed by atoms with Crippen LogP contribution in [0.4, 0.5) is 0 Å². The van der Waals surface area contributed by atoms with Crippen molar-refractivity contribution in [2.24, 2.45) is 5.10 Å². The van der Waals surface area contributed by atoms with Crippen LogP contribution in [-0.4, -0.2) is 41.2 Å². The lowest BCUT2D eigenvalue weighted by Gasteiger charge is -2.14. The number of carbonyl (C=O) groups excluding carboxylic acids is 2. The van der Waals surface area contributed by atoms with Crippen LogP contribution >= 0.6 is 0 Å². The zero-order valence-electron chi connectivity index (χ0n) is 11.5. The molecule has 2 atom stereocenters. The van der Waals surface area contributed by atoms with Crippen LogP contribution in [0.2, 0.25) is 0 Å². The average molecular weight is 272 g/mol. The molecule has 104 valence electrons. The van der Waals surface area contributed by atoms with Crippen LogP contribution in [-0.2, 0) is 14.3 Å². The van der Waals surface area contributed by atoms with Crippen LogP contribution in [0.1, 0.15) is 25.3 Å². The number of benzene rings is 1. The highest BCUT2D eigenvalue weighted by Crippen LogP contribution is 2.33. The van der Waals surface area contributed by atoms with Gasteiger partial charge in [-0.1, -0.05) is 30.3 Å². The van der Waals surface area contributed by atoms with E-state index < -0.39 is 5.60 Å². The number of rotatable bonds is 3. The van der Waals surface area contributed by atoms with Crippen molar-refractivity contribution in [3.05, 3.63) is 35.9 Å². The molecule has 0 aromatic heterocycles. The van der Waals surface area contributed by atoms with Crippen molar-refractivity contribution in [1.29, 1.82) is 0 Å². The van der Waals surface area contributed by atoms with E-state index >= 15 is 0 Å². The van der Waals surface area contributed by atoms with E-state index in [9.17, 15) is 9.59 Å². The zero-order valence-corrected chi connectivity index (χ0v) is 11.5. The van der Waals surface area contributed by atoms with Gasteiger partial charge < -0.3 is 4.74 Å². The topological polar surface area (TPSA) is 62.3 Å². The molecule has 20 heavy (non-hydrogen) atoms. The monoisotopic (exact) mass is 272 g/mol. The van der Waals surface area contributed by atoms with Gasteiger partial charge in [0.1, 0.15) is 5.71 Å². The molecule has 2 aliphatic rings. The molecule has 2 aliphatic heterocycles. The summed E-state index contributed by atoms with van der Waals surface area (Å²) >= 11 is 0. The van der Waals surface area contributed by atoms with Crippen molar-refractivity contribution < 1.29 is 14.3 Å². The maximum Gasteiger partial charge on any atom is 0.239 e. The van der Waals surface area contributed by atoms with Gasteiger partial charge in [-0.3, -0.25) is 9.59 Å². The summed E-state index contributed by atoms with van der Waals surface area (Å²) in [6.07, 6.45) is 0. The molecule has 1 aromatic carbocycles. The van der Waals surface area contributed by atoms with Crippen LogP contribution in [0, 0.1) is 0 Å². The highest BCUT2D eigenvalue weighted by Gasteiger charge is 2.51. The summed E-state index contributed by atoms with van der Waals surface area (Å²) in [6, 6.07) is 9.66.